The third-order valence-electron chi connectivity index (χ3n) is 4.57. The summed E-state index contributed by atoms with van der Waals surface area (Å²) in [5.74, 6) is 0.881. The summed E-state index contributed by atoms with van der Waals surface area (Å²) in [6, 6.07) is 9.22. The Balaban J connectivity index is 1.55. The zero-order chi connectivity index (χ0) is 17.6. The Hall–Kier alpha value is -2.41. The molecule has 7 nitrogen and oxygen atoms in total. The lowest BCUT2D eigenvalue weighted by Crippen LogP contribution is -2.50. The molecule has 0 aliphatic carbocycles. The van der Waals surface area contributed by atoms with Crippen molar-refractivity contribution in [3.05, 3.63) is 42.2 Å². The predicted molar refractivity (Wildman–Crippen MR) is 94.2 cm³/mol. The van der Waals surface area contributed by atoms with Gasteiger partial charge in [0.05, 0.1) is 6.20 Å². The van der Waals surface area contributed by atoms with Crippen molar-refractivity contribution in [2.45, 2.75) is 26.5 Å². The number of nitrogens with zero attached hydrogens (tertiary/aromatic N) is 5. The lowest BCUT2D eigenvalue weighted by molar-refractivity contribution is -0.136. The van der Waals surface area contributed by atoms with E-state index in [1.54, 1.807) is 10.9 Å². The molecule has 0 bridgehead atoms. The van der Waals surface area contributed by atoms with Crippen LogP contribution in [-0.2, 0) is 11.4 Å². The quantitative estimate of drug-likeness (QED) is 0.797. The highest BCUT2D eigenvalue weighted by Gasteiger charge is 2.26. The van der Waals surface area contributed by atoms with Crippen LogP contribution in [0.3, 0.4) is 0 Å². The first-order chi connectivity index (χ1) is 12.2. The standard InChI is InChI=1S/C18H25N5O2/c1-3-21-9-11-22(12-10-21)18(24)15(2)23-13-16(19-20-23)14-25-17-7-5-4-6-8-17/h4-8,13,15H,3,9-12,14H2,1-2H3/t15-/m1/s1. The van der Waals surface area contributed by atoms with Crippen LogP contribution in [-0.4, -0.2) is 63.4 Å². The van der Waals surface area contributed by atoms with Gasteiger partial charge in [0.15, 0.2) is 0 Å². The molecular formula is C18H25N5O2. The Bertz CT molecular complexity index is 680. The molecule has 2 aromatic rings. The fourth-order valence-corrected chi connectivity index (χ4v) is 2.90. The second-order valence-electron chi connectivity index (χ2n) is 6.23. The summed E-state index contributed by atoms with van der Waals surface area (Å²) in [7, 11) is 0. The Labute approximate surface area is 148 Å². The number of para-hydroxylation sites is 1. The summed E-state index contributed by atoms with van der Waals surface area (Å²) in [5, 5.41) is 8.22. The van der Waals surface area contributed by atoms with Gasteiger partial charge in [0.2, 0.25) is 5.91 Å². The van der Waals surface area contributed by atoms with Crippen LogP contribution in [0.25, 0.3) is 0 Å². The van der Waals surface area contributed by atoms with E-state index in [1.165, 1.54) is 0 Å². The Morgan fingerprint density at radius 2 is 1.92 bits per heavy atom. The van der Waals surface area contributed by atoms with Crippen LogP contribution in [0, 0.1) is 0 Å². The van der Waals surface area contributed by atoms with Crippen molar-refractivity contribution in [3.63, 3.8) is 0 Å². The molecule has 1 aliphatic heterocycles. The maximum absolute atomic E-state index is 12.7. The number of carbonyl (C=O) groups excluding carboxylic acids is 1. The van der Waals surface area contributed by atoms with Crippen LogP contribution in [0.1, 0.15) is 25.6 Å². The van der Waals surface area contributed by atoms with Gasteiger partial charge in [0.25, 0.3) is 0 Å². The highest BCUT2D eigenvalue weighted by Crippen LogP contribution is 2.14. The Kier molecular flexibility index (Phi) is 5.65. The molecule has 7 heteroatoms. The zero-order valence-electron chi connectivity index (χ0n) is 14.8. The minimum absolute atomic E-state index is 0.0937. The summed E-state index contributed by atoms with van der Waals surface area (Å²) in [6.07, 6.45) is 1.79. The molecular weight excluding hydrogens is 318 g/mol. The minimum atomic E-state index is -0.355. The topological polar surface area (TPSA) is 63.5 Å². The fourth-order valence-electron chi connectivity index (χ4n) is 2.90. The van der Waals surface area contributed by atoms with Gasteiger partial charge in [0, 0.05) is 26.2 Å². The minimum Gasteiger partial charge on any atom is -0.487 e. The van der Waals surface area contributed by atoms with Crippen molar-refractivity contribution < 1.29 is 9.53 Å². The van der Waals surface area contributed by atoms with Crippen LogP contribution < -0.4 is 4.74 Å². The van der Waals surface area contributed by atoms with Crippen LogP contribution >= 0.6 is 0 Å². The summed E-state index contributed by atoms with van der Waals surface area (Å²) in [4.78, 5) is 16.9. The van der Waals surface area contributed by atoms with Gasteiger partial charge in [-0.15, -0.1) is 5.10 Å². The highest BCUT2D eigenvalue weighted by molar-refractivity contribution is 5.80. The number of benzene rings is 1. The smallest absolute Gasteiger partial charge is 0.247 e. The van der Waals surface area contributed by atoms with Crippen molar-refractivity contribution >= 4 is 5.91 Å². The van der Waals surface area contributed by atoms with Gasteiger partial charge >= 0.3 is 0 Å². The van der Waals surface area contributed by atoms with Crippen molar-refractivity contribution in [2.24, 2.45) is 0 Å². The van der Waals surface area contributed by atoms with E-state index < -0.39 is 0 Å². The third-order valence-corrected chi connectivity index (χ3v) is 4.57. The highest BCUT2D eigenvalue weighted by atomic mass is 16.5. The van der Waals surface area contributed by atoms with Crippen molar-refractivity contribution in [3.8, 4) is 5.75 Å². The SMILES string of the molecule is CCN1CCN(C(=O)[C@@H](C)n2cc(COc3ccccc3)nn2)CC1. The molecule has 0 unspecified atom stereocenters. The molecule has 0 N–H and O–H groups in total. The molecule has 0 radical (unpaired) electrons. The summed E-state index contributed by atoms with van der Waals surface area (Å²) >= 11 is 0. The zero-order valence-corrected chi connectivity index (χ0v) is 14.8. The number of ether oxygens (including phenoxy) is 1. The Morgan fingerprint density at radius 1 is 1.20 bits per heavy atom. The van der Waals surface area contributed by atoms with Crippen LogP contribution in [0.5, 0.6) is 5.75 Å². The van der Waals surface area contributed by atoms with Gasteiger partial charge in [-0.2, -0.15) is 0 Å². The van der Waals surface area contributed by atoms with Crippen LogP contribution in [0.15, 0.2) is 36.5 Å². The molecule has 1 atom stereocenters. The molecule has 1 aliphatic rings. The number of piperazine rings is 1. The number of amides is 1. The van der Waals surface area contributed by atoms with Gasteiger partial charge in [-0.25, -0.2) is 4.68 Å². The van der Waals surface area contributed by atoms with E-state index in [9.17, 15) is 4.79 Å². The van der Waals surface area contributed by atoms with Gasteiger partial charge in [0.1, 0.15) is 24.1 Å². The molecule has 1 aromatic carbocycles. The van der Waals surface area contributed by atoms with Gasteiger partial charge in [-0.1, -0.05) is 30.3 Å². The van der Waals surface area contributed by atoms with E-state index >= 15 is 0 Å². The molecule has 0 saturated carbocycles. The first-order valence-electron chi connectivity index (χ1n) is 8.77. The first kappa shape index (κ1) is 17.4. The van der Waals surface area contributed by atoms with Crippen molar-refractivity contribution in [1.82, 2.24) is 24.8 Å². The molecule has 0 spiro atoms. The maximum atomic E-state index is 12.7. The molecule has 1 amide bonds. The van der Waals surface area contributed by atoms with Gasteiger partial charge < -0.3 is 14.5 Å². The number of aromatic nitrogens is 3. The summed E-state index contributed by atoms with van der Waals surface area (Å²) in [5.41, 5.74) is 0.708. The van der Waals surface area contributed by atoms with Crippen LogP contribution in [0.4, 0.5) is 0 Å². The monoisotopic (exact) mass is 343 g/mol. The number of hydrogen-bond donors (Lipinski definition) is 0. The maximum Gasteiger partial charge on any atom is 0.247 e. The van der Waals surface area contributed by atoms with E-state index in [0.717, 1.165) is 38.5 Å². The fraction of sp³-hybridized carbons (Fsp3) is 0.500. The third kappa shape index (κ3) is 4.36. The number of carbonyl (C=O) groups is 1. The predicted octanol–water partition coefficient (Wildman–Crippen LogP) is 1.58. The lowest BCUT2D eigenvalue weighted by atomic mass is 10.2. The normalized spacial score (nSPS) is 16.6. The van der Waals surface area contributed by atoms with E-state index in [2.05, 4.69) is 22.1 Å². The van der Waals surface area contributed by atoms with Gasteiger partial charge in [-0.3, -0.25) is 4.79 Å². The number of likely N-dealkylation sites (N-methyl/N-ethyl adjacent to an activating group) is 1. The average molecular weight is 343 g/mol. The van der Waals surface area contributed by atoms with E-state index in [4.69, 9.17) is 4.74 Å². The summed E-state index contributed by atoms with van der Waals surface area (Å²) in [6.45, 7) is 8.79. The number of rotatable bonds is 6. The molecule has 25 heavy (non-hydrogen) atoms. The van der Waals surface area contributed by atoms with E-state index in [-0.39, 0.29) is 11.9 Å². The summed E-state index contributed by atoms with van der Waals surface area (Å²) < 4.78 is 7.29. The molecule has 2 heterocycles. The molecule has 1 aromatic heterocycles. The number of hydrogen-bond acceptors (Lipinski definition) is 5. The lowest BCUT2D eigenvalue weighted by Gasteiger charge is -2.35. The average Bonchev–Trinajstić information content (AvgIpc) is 3.15. The first-order valence-corrected chi connectivity index (χ1v) is 8.77. The van der Waals surface area contributed by atoms with Crippen molar-refractivity contribution in [1.29, 1.82) is 0 Å². The second-order valence-corrected chi connectivity index (χ2v) is 6.23. The molecule has 1 fully saturated rings. The van der Waals surface area contributed by atoms with E-state index in [0.29, 0.717) is 12.3 Å². The van der Waals surface area contributed by atoms with E-state index in [1.807, 2.05) is 42.2 Å². The second kappa shape index (κ2) is 8.11. The molecule has 134 valence electrons. The Morgan fingerprint density at radius 3 is 2.60 bits per heavy atom. The molecule has 1 saturated heterocycles. The van der Waals surface area contributed by atoms with Crippen LogP contribution in [0.2, 0.25) is 0 Å². The largest absolute Gasteiger partial charge is 0.487 e. The van der Waals surface area contributed by atoms with Gasteiger partial charge in [-0.05, 0) is 25.6 Å². The molecule has 3 rings (SSSR count). The van der Waals surface area contributed by atoms with Crippen molar-refractivity contribution in [2.75, 3.05) is 32.7 Å².